The van der Waals surface area contributed by atoms with Crippen molar-refractivity contribution < 1.29 is 23.6 Å². The molecule has 152 valence electrons. The molecule has 0 bridgehead atoms. The Bertz CT molecular complexity index is 780. The monoisotopic (exact) mass is 407 g/mol. The number of thioether (sulfide) groups is 1. The maximum atomic E-state index is 12.6. The molecule has 1 unspecified atom stereocenters. The van der Waals surface area contributed by atoms with E-state index in [1.807, 2.05) is 6.92 Å². The first kappa shape index (κ1) is 21.9. The Labute approximate surface area is 168 Å². The third kappa shape index (κ3) is 6.65. The third-order valence-corrected chi connectivity index (χ3v) is 4.76. The molecule has 9 heteroatoms. The number of methoxy groups -OCH3 is 1. The van der Waals surface area contributed by atoms with Crippen LogP contribution in [0.3, 0.4) is 0 Å². The number of esters is 1. The van der Waals surface area contributed by atoms with E-state index in [-0.39, 0.29) is 17.6 Å². The van der Waals surface area contributed by atoms with Gasteiger partial charge < -0.3 is 19.3 Å². The average molecular weight is 407 g/mol. The number of aromatic nitrogens is 2. The first-order valence-electron chi connectivity index (χ1n) is 9.06. The van der Waals surface area contributed by atoms with Gasteiger partial charge in [-0.2, -0.15) is 4.98 Å². The quantitative estimate of drug-likeness (QED) is 0.344. The topological polar surface area (TPSA) is 104 Å². The van der Waals surface area contributed by atoms with Gasteiger partial charge in [0.15, 0.2) is 11.9 Å². The average Bonchev–Trinajstić information content (AvgIpc) is 3.16. The van der Waals surface area contributed by atoms with Gasteiger partial charge in [-0.25, -0.2) is 4.79 Å². The summed E-state index contributed by atoms with van der Waals surface area (Å²) < 4.78 is 15.5. The van der Waals surface area contributed by atoms with Crippen molar-refractivity contribution in [3.05, 3.63) is 41.5 Å². The lowest BCUT2D eigenvalue weighted by molar-refractivity contribution is -0.118. The van der Waals surface area contributed by atoms with Crippen LogP contribution in [0.1, 0.15) is 48.4 Å². The Morgan fingerprint density at radius 1 is 1.32 bits per heavy atom. The molecule has 0 fully saturated rings. The van der Waals surface area contributed by atoms with Crippen molar-refractivity contribution in [1.82, 2.24) is 15.5 Å². The molecule has 0 saturated heterocycles. The largest absolute Gasteiger partial charge is 0.449 e. The van der Waals surface area contributed by atoms with E-state index in [4.69, 9.17) is 14.0 Å². The fraction of sp³-hybridized carbons (Fsp3) is 0.474. The van der Waals surface area contributed by atoms with Crippen LogP contribution < -0.4 is 5.32 Å². The van der Waals surface area contributed by atoms with Crippen molar-refractivity contribution in [1.29, 1.82) is 0 Å². The van der Waals surface area contributed by atoms with Crippen LogP contribution in [0.25, 0.3) is 0 Å². The summed E-state index contributed by atoms with van der Waals surface area (Å²) in [5.74, 6) is 0.405. The third-order valence-electron chi connectivity index (χ3n) is 3.68. The summed E-state index contributed by atoms with van der Waals surface area (Å²) in [6, 6.07) is 6.99. The summed E-state index contributed by atoms with van der Waals surface area (Å²) in [4.78, 5) is 29.4. The second-order valence-electron chi connectivity index (χ2n) is 5.97. The summed E-state index contributed by atoms with van der Waals surface area (Å²) >= 11 is 1.27. The second-order valence-corrected chi connectivity index (χ2v) is 6.99. The van der Waals surface area contributed by atoms with Crippen LogP contribution in [0, 0.1) is 0 Å². The molecular weight excluding hydrogens is 382 g/mol. The molecule has 0 aliphatic carbocycles. The zero-order chi connectivity index (χ0) is 20.4. The van der Waals surface area contributed by atoms with Crippen molar-refractivity contribution in [2.24, 2.45) is 0 Å². The van der Waals surface area contributed by atoms with Gasteiger partial charge in [-0.15, -0.1) is 11.8 Å². The Balaban J connectivity index is 1.96. The molecule has 1 atom stereocenters. The number of nitrogens with one attached hydrogen (secondary N) is 1. The van der Waals surface area contributed by atoms with E-state index in [2.05, 4.69) is 15.5 Å². The molecular formula is C19H25N3O5S. The van der Waals surface area contributed by atoms with E-state index < -0.39 is 12.1 Å². The number of rotatable bonds is 11. The predicted molar refractivity (Wildman–Crippen MR) is 104 cm³/mol. The summed E-state index contributed by atoms with van der Waals surface area (Å²) in [7, 11) is 1.57. The zero-order valence-corrected chi connectivity index (χ0v) is 17.1. The number of benzene rings is 1. The molecule has 2 aromatic rings. The molecule has 2 rings (SSSR count). The Kier molecular flexibility index (Phi) is 8.96. The number of nitrogens with zero attached hydrogens (tertiary/aromatic N) is 2. The van der Waals surface area contributed by atoms with Crippen LogP contribution in [-0.4, -0.2) is 48.0 Å². The van der Waals surface area contributed by atoms with Crippen molar-refractivity contribution >= 4 is 23.6 Å². The minimum absolute atomic E-state index is 0.132. The Morgan fingerprint density at radius 2 is 2.11 bits per heavy atom. The summed E-state index contributed by atoms with van der Waals surface area (Å²) in [5, 5.41) is 6.61. The molecule has 1 aromatic heterocycles. The van der Waals surface area contributed by atoms with E-state index >= 15 is 0 Å². The molecule has 0 spiro atoms. The van der Waals surface area contributed by atoms with Gasteiger partial charge in [-0.1, -0.05) is 24.2 Å². The van der Waals surface area contributed by atoms with Gasteiger partial charge >= 0.3 is 5.97 Å². The van der Waals surface area contributed by atoms with Gasteiger partial charge in [0, 0.05) is 25.0 Å². The highest BCUT2D eigenvalue weighted by atomic mass is 32.2. The molecule has 8 nitrogen and oxygen atoms in total. The highest BCUT2D eigenvalue weighted by molar-refractivity contribution is 8.00. The van der Waals surface area contributed by atoms with Gasteiger partial charge in [0.05, 0.1) is 17.9 Å². The van der Waals surface area contributed by atoms with Crippen LogP contribution >= 0.6 is 11.8 Å². The van der Waals surface area contributed by atoms with Crippen molar-refractivity contribution in [2.75, 3.05) is 26.0 Å². The van der Waals surface area contributed by atoms with Gasteiger partial charge in [-0.05, 0) is 25.5 Å². The van der Waals surface area contributed by atoms with E-state index in [1.54, 1.807) is 38.3 Å². The van der Waals surface area contributed by atoms with Crippen LogP contribution in [-0.2, 0) is 20.7 Å². The first-order valence-corrected chi connectivity index (χ1v) is 10.0. The Hall–Kier alpha value is -2.39. The lowest BCUT2D eigenvalue weighted by atomic mass is 10.2. The van der Waals surface area contributed by atoms with E-state index in [9.17, 15) is 9.59 Å². The van der Waals surface area contributed by atoms with Gasteiger partial charge in [-0.3, -0.25) is 4.79 Å². The number of hydrogen-bond donors (Lipinski definition) is 1. The van der Waals surface area contributed by atoms with Crippen molar-refractivity contribution in [3.8, 4) is 0 Å². The molecule has 0 saturated carbocycles. The van der Waals surface area contributed by atoms with Crippen molar-refractivity contribution in [3.63, 3.8) is 0 Å². The highest BCUT2D eigenvalue weighted by Gasteiger charge is 2.21. The van der Waals surface area contributed by atoms with Crippen LogP contribution in [0.15, 0.2) is 33.7 Å². The maximum Gasteiger partial charge on any atom is 0.340 e. The van der Waals surface area contributed by atoms with Gasteiger partial charge in [0.25, 0.3) is 5.89 Å². The summed E-state index contributed by atoms with van der Waals surface area (Å²) in [6.07, 6.45) is 0.938. The lowest BCUT2D eigenvalue weighted by Crippen LogP contribution is -2.28. The number of ether oxygens (including phenoxy) is 2. The normalized spacial score (nSPS) is 11.8. The first-order chi connectivity index (χ1) is 13.5. The number of aryl methyl sites for hydroxylation is 1. The lowest BCUT2D eigenvalue weighted by Gasteiger charge is -2.12. The highest BCUT2D eigenvalue weighted by Crippen LogP contribution is 2.25. The van der Waals surface area contributed by atoms with E-state index in [0.717, 1.165) is 6.42 Å². The molecule has 1 N–H and O–H groups in total. The Morgan fingerprint density at radius 3 is 2.86 bits per heavy atom. The number of carbonyl (C=O) groups excluding carboxylic acids is 2. The molecule has 0 aliphatic rings. The SMILES string of the molecule is CCCc1noc(C(C)OC(=O)c2ccccc2SCC(=O)NCCOC)n1. The van der Waals surface area contributed by atoms with E-state index in [0.29, 0.717) is 35.9 Å². The fourth-order valence-electron chi connectivity index (χ4n) is 2.28. The van der Waals surface area contributed by atoms with Crippen LogP contribution in [0.4, 0.5) is 0 Å². The molecule has 1 amide bonds. The maximum absolute atomic E-state index is 12.6. The molecule has 1 aromatic carbocycles. The number of hydrogen-bond acceptors (Lipinski definition) is 8. The molecule has 1 heterocycles. The second kappa shape index (κ2) is 11.5. The molecule has 0 radical (unpaired) electrons. The van der Waals surface area contributed by atoms with Gasteiger partial charge in [0.2, 0.25) is 5.91 Å². The van der Waals surface area contributed by atoms with Crippen LogP contribution in [0.5, 0.6) is 0 Å². The van der Waals surface area contributed by atoms with Crippen LogP contribution in [0.2, 0.25) is 0 Å². The number of carbonyl (C=O) groups is 2. The smallest absolute Gasteiger partial charge is 0.340 e. The predicted octanol–water partition coefficient (Wildman–Crippen LogP) is 2.79. The summed E-state index contributed by atoms with van der Waals surface area (Å²) in [6.45, 7) is 4.60. The van der Waals surface area contributed by atoms with Gasteiger partial charge in [0.1, 0.15) is 0 Å². The van der Waals surface area contributed by atoms with E-state index in [1.165, 1.54) is 11.8 Å². The molecule has 0 aliphatic heterocycles. The minimum atomic E-state index is -0.666. The zero-order valence-electron chi connectivity index (χ0n) is 16.3. The molecule has 28 heavy (non-hydrogen) atoms. The standard InChI is InChI=1S/C19H25N3O5S/c1-4-7-16-21-18(27-22-16)13(2)26-19(24)14-8-5-6-9-15(14)28-12-17(23)20-10-11-25-3/h5-6,8-9,13H,4,7,10-12H2,1-3H3,(H,20,23). The number of amides is 1. The fourth-order valence-corrected chi connectivity index (χ4v) is 3.15. The summed E-state index contributed by atoms with van der Waals surface area (Å²) in [5.41, 5.74) is 0.386. The minimum Gasteiger partial charge on any atom is -0.449 e. The van der Waals surface area contributed by atoms with Crippen molar-refractivity contribution in [2.45, 2.75) is 37.7 Å².